The zero-order chi connectivity index (χ0) is 15.5. The Balaban J connectivity index is 1.62. The SMILES string of the molecule is Cc1c(CN2CCOC(Cc3ccccc3Cl)C2)cnn1C. The van der Waals surface area contributed by atoms with Gasteiger partial charge >= 0.3 is 0 Å². The molecule has 1 aliphatic heterocycles. The van der Waals surface area contributed by atoms with Crippen LogP contribution in [0, 0.1) is 6.92 Å². The van der Waals surface area contributed by atoms with Gasteiger partial charge in [-0.15, -0.1) is 0 Å². The maximum atomic E-state index is 6.25. The minimum atomic E-state index is 0.200. The number of morpholine rings is 1. The molecule has 2 aromatic rings. The fourth-order valence-corrected chi connectivity index (χ4v) is 3.11. The lowest BCUT2D eigenvalue weighted by Crippen LogP contribution is -2.42. The van der Waals surface area contributed by atoms with E-state index in [2.05, 4.69) is 23.0 Å². The largest absolute Gasteiger partial charge is 0.375 e. The maximum Gasteiger partial charge on any atom is 0.0743 e. The molecule has 2 heterocycles. The molecule has 1 fully saturated rings. The van der Waals surface area contributed by atoms with Gasteiger partial charge in [0.2, 0.25) is 0 Å². The van der Waals surface area contributed by atoms with Crippen molar-refractivity contribution in [1.29, 1.82) is 0 Å². The number of benzene rings is 1. The van der Waals surface area contributed by atoms with Gasteiger partial charge in [-0.3, -0.25) is 9.58 Å². The number of nitrogens with zero attached hydrogens (tertiary/aromatic N) is 3. The first-order chi connectivity index (χ1) is 10.6. The molecule has 3 rings (SSSR count). The minimum absolute atomic E-state index is 0.200. The predicted molar refractivity (Wildman–Crippen MR) is 88.1 cm³/mol. The highest BCUT2D eigenvalue weighted by Gasteiger charge is 2.22. The highest BCUT2D eigenvalue weighted by Crippen LogP contribution is 2.20. The molecule has 118 valence electrons. The highest BCUT2D eigenvalue weighted by atomic mass is 35.5. The monoisotopic (exact) mass is 319 g/mol. The van der Waals surface area contributed by atoms with Crippen LogP contribution in [0.25, 0.3) is 0 Å². The molecule has 4 nitrogen and oxygen atoms in total. The predicted octanol–water partition coefficient (Wildman–Crippen LogP) is 2.83. The molecule has 0 spiro atoms. The molecule has 22 heavy (non-hydrogen) atoms. The van der Waals surface area contributed by atoms with Crippen LogP contribution in [0.5, 0.6) is 0 Å². The summed E-state index contributed by atoms with van der Waals surface area (Å²) in [4.78, 5) is 2.44. The van der Waals surface area contributed by atoms with E-state index in [1.165, 1.54) is 11.3 Å². The number of halogens is 1. The summed E-state index contributed by atoms with van der Waals surface area (Å²) >= 11 is 6.25. The van der Waals surface area contributed by atoms with Gasteiger partial charge in [-0.1, -0.05) is 29.8 Å². The Hall–Kier alpha value is -1.36. The lowest BCUT2D eigenvalue weighted by molar-refractivity contribution is -0.0305. The second-order valence-corrected chi connectivity index (χ2v) is 6.31. The summed E-state index contributed by atoms with van der Waals surface area (Å²) in [5.74, 6) is 0. The topological polar surface area (TPSA) is 30.3 Å². The average Bonchev–Trinajstić information content (AvgIpc) is 2.82. The number of hydrogen-bond donors (Lipinski definition) is 0. The van der Waals surface area contributed by atoms with Crippen molar-refractivity contribution >= 4 is 11.6 Å². The Bertz CT molecular complexity index is 641. The standard InChI is InChI=1S/C17H22ClN3O/c1-13-15(10-19-20(13)2)11-21-7-8-22-16(12-21)9-14-5-3-4-6-17(14)18/h3-6,10,16H,7-9,11-12H2,1-2H3. The summed E-state index contributed by atoms with van der Waals surface area (Å²) in [7, 11) is 1.98. The van der Waals surface area contributed by atoms with Gasteiger partial charge in [-0.25, -0.2) is 0 Å². The van der Waals surface area contributed by atoms with E-state index in [4.69, 9.17) is 16.3 Å². The van der Waals surface area contributed by atoms with Crippen LogP contribution >= 0.6 is 11.6 Å². The first-order valence-corrected chi connectivity index (χ1v) is 8.06. The van der Waals surface area contributed by atoms with E-state index >= 15 is 0 Å². The first-order valence-electron chi connectivity index (χ1n) is 7.68. The molecule has 0 aliphatic carbocycles. The van der Waals surface area contributed by atoms with Crippen LogP contribution in [0.3, 0.4) is 0 Å². The third-order valence-electron chi connectivity index (χ3n) is 4.36. The molecular formula is C17H22ClN3O. The van der Waals surface area contributed by atoms with Crippen LogP contribution in [0.2, 0.25) is 5.02 Å². The van der Waals surface area contributed by atoms with Gasteiger partial charge in [0.1, 0.15) is 0 Å². The normalized spacial score (nSPS) is 19.5. The fourth-order valence-electron chi connectivity index (χ4n) is 2.90. The van der Waals surface area contributed by atoms with E-state index in [9.17, 15) is 0 Å². The number of aryl methyl sites for hydroxylation is 1. The van der Waals surface area contributed by atoms with Crippen molar-refractivity contribution in [2.75, 3.05) is 19.7 Å². The van der Waals surface area contributed by atoms with E-state index in [0.717, 1.165) is 43.2 Å². The van der Waals surface area contributed by atoms with E-state index in [1.807, 2.05) is 36.1 Å². The van der Waals surface area contributed by atoms with Gasteiger partial charge in [0.25, 0.3) is 0 Å². The molecule has 0 bridgehead atoms. The molecule has 1 aliphatic rings. The average molecular weight is 320 g/mol. The summed E-state index contributed by atoms with van der Waals surface area (Å²) in [5.41, 5.74) is 3.68. The lowest BCUT2D eigenvalue weighted by atomic mass is 10.1. The summed E-state index contributed by atoms with van der Waals surface area (Å²) in [6.45, 7) is 5.72. The molecule has 1 unspecified atom stereocenters. The highest BCUT2D eigenvalue weighted by molar-refractivity contribution is 6.31. The van der Waals surface area contributed by atoms with E-state index in [0.29, 0.717) is 0 Å². The number of ether oxygens (including phenoxy) is 1. The zero-order valence-electron chi connectivity index (χ0n) is 13.1. The summed E-state index contributed by atoms with van der Waals surface area (Å²) in [6.07, 6.45) is 3.03. The Morgan fingerprint density at radius 1 is 1.32 bits per heavy atom. The first kappa shape index (κ1) is 15.5. The van der Waals surface area contributed by atoms with Crippen LogP contribution in [-0.2, 0) is 24.8 Å². The summed E-state index contributed by atoms with van der Waals surface area (Å²) < 4.78 is 7.85. The molecule has 1 aromatic heterocycles. The molecule has 5 heteroatoms. The van der Waals surface area contributed by atoms with Gasteiger partial charge in [0, 0.05) is 49.4 Å². The molecule has 1 aromatic carbocycles. The maximum absolute atomic E-state index is 6.25. The van der Waals surface area contributed by atoms with Crippen LogP contribution in [0.15, 0.2) is 30.5 Å². The van der Waals surface area contributed by atoms with Gasteiger partial charge in [0.15, 0.2) is 0 Å². The Morgan fingerprint density at radius 2 is 2.14 bits per heavy atom. The van der Waals surface area contributed by atoms with Crippen LogP contribution in [0.4, 0.5) is 0 Å². The quantitative estimate of drug-likeness (QED) is 0.868. The third kappa shape index (κ3) is 3.51. The molecule has 1 atom stereocenters. The van der Waals surface area contributed by atoms with Gasteiger partial charge in [-0.05, 0) is 18.6 Å². The van der Waals surface area contributed by atoms with Gasteiger partial charge in [0.05, 0.1) is 18.9 Å². The Morgan fingerprint density at radius 3 is 2.86 bits per heavy atom. The van der Waals surface area contributed by atoms with Crippen molar-refractivity contribution in [3.63, 3.8) is 0 Å². The molecule has 0 amide bonds. The van der Waals surface area contributed by atoms with Crippen LogP contribution < -0.4 is 0 Å². The summed E-state index contributed by atoms with van der Waals surface area (Å²) in [6, 6.07) is 8.01. The van der Waals surface area contributed by atoms with Crippen molar-refractivity contribution in [3.05, 3.63) is 52.3 Å². The Kier molecular flexibility index (Phi) is 4.81. The number of aromatic nitrogens is 2. The second kappa shape index (κ2) is 6.82. The number of rotatable bonds is 4. The number of hydrogen-bond acceptors (Lipinski definition) is 3. The lowest BCUT2D eigenvalue weighted by Gasteiger charge is -2.33. The Labute approximate surface area is 136 Å². The molecule has 0 N–H and O–H groups in total. The van der Waals surface area contributed by atoms with Gasteiger partial charge < -0.3 is 4.74 Å². The van der Waals surface area contributed by atoms with Crippen molar-refractivity contribution in [2.24, 2.45) is 7.05 Å². The summed E-state index contributed by atoms with van der Waals surface area (Å²) in [5, 5.41) is 5.15. The van der Waals surface area contributed by atoms with Crippen LogP contribution in [0.1, 0.15) is 16.8 Å². The minimum Gasteiger partial charge on any atom is -0.375 e. The van der Waals surface area contributed by atoms with Gasteiger partial charge in [-0.2, -0.15) is 5.10 Å². The fraction of sp³-hybridized carbons (Fsp3) is 0.471. The molecular weight excluding hydrogens is 298 g/mol. The third-order valence-corrected chi connectivity index (χ3v) is 4.73. The molecule has 0 saturated carbocycles. The van der Waals surface area contributed by atoms with Crippen molar-refractivity contribution in [2.45, 2.75) is 26.0 Å². The van der Waals surface area contributed by atoms with Crippen molar-refractivity contribution in [1.82, 2.24) is 14.7 Å². The molecule has 1 saturated heterocycles. The molecule has 0 radical (unpaired) electrons. The van der Waals surface area contributed by atoms with E-state index in [1.54, 1.807) is 0 Å². The van der Waals surface area contributed by atoms with E-state index in [-0.39, 0.29) is 6.10 Å². The zero-order valence-corrected chi connectivity index (χ0v) is 13.9. The van der Waals surface area contributed by atoms with E-state index < -0.39 is 0 Å². The van der Waals surface area contributed by atoms with Crippen molar-refractivity contribution in [3.8, 4) is 0 Å². The second-order valence-electron chi connectivity index (χ2n) is 5.90. The smallest absolute Gasteiger partial charge is 0.0743 e. The van der Waals surface area contributed by atoms with Crippen LogP contribution in [-0.4, -0.2) is 40.5 Å². The van der Waals surface area contributed by atoms with Crippen molar-refractivity contribution < 1.29 is 4.74 Å².